The van der Waals surface area contributed by atoms with Crippen molar-refractivity contribution in [2.45, 2.75) is 31.2 Å². The van der Waals surface area contributed by atoms with Gasteiger partial charge in [0.2, 0.25) is 0 Å². The van der Waals surface area contributed by atoms with E-state index in [1.54, 1.807) is 12.1 Å². The number of benzene rings is 1. The monoisotopic (exact) mass is 251 g/mol. The van der Waals surface area contributed by atoms with Crippen molar-refractivity contribution in [3.63, 3.8) is 0 Å². The Morgan fingerprint density at radius 3 is 2.50 bits per heavy atom. The van der Waals surface area contributed by atoms with Gasteiger partial charge in [-0.15, -0.1) is 0 Å². The summed E-state index contributed by atoms with van der Waals surface area (Å²) in [6, 6.07) is 6.53. The molecule has 0 spiro atoms. The van der Waals surface area contributed by atoms with Crippen molar-refractivity contribution >= 4 is 5.97 Å². The summed E-state index contributed by atoms with van der Waals surface area (Å²) < 4.78 is 17.6. The Bertz CT molecular complexity index is 410. The first-order chi connectivity index (χ1) is 8.66. The smallest absolute Gasteiger partial charge is 0.319 e. The number of hydrogen-bond acceptors (Lipinski definition) is 3. The average Bonchev–Trinajstić information content (AvgIpc) is 2.87. The molecule has 1 saturated carbocycles. The lowest BCUT2D eigenvalue weighted by Crippen LogP contribution is -2.43. The molecule has 3 nitrogen and oxygen atoms in total. The highest BCUT2D eigenvalue weighted by Crippen LogP contribution is 2.38. The van der Waals surface area contributed by atoms with E-state index in [1.807, 2.05) is 0 Å². The van der Waals surface area contributed by atoms with E-state index >= 15 is 0 Å². The molecule has 18 heavy (non-hydrogen) atoms. The van der Waals surface area contributed by atoms with Crippen LogP contribution in [0, 0.1) is 5.82 Å². The predicted octanol–water partition coefficient (Wildman–Crippen LogP) is 2.36. The van der Waals surface area contributed by atoms with Crippen molar-refractivity contribution in [1.29, 1.82) is 0 Å². The molecule has 0 saturated heterocycles. The zero-order valence-electron chi connectivity index (χ0n) is 10.5. The second-order valence-electron chi connectivity index (χ2n) is 4.73. The molecule has 1 aliphatic rings. The zero-order valence-corrected chi connectivity index (χ0v) is 10.5. The first-order valence-corrected chi connectivity index (χ1v) is 6.24. The summed E-state index contributed by atoms with van der Waals surface area (Å²) in [6.07, 6.45) is 4.17. The maximum Gasteiger partial charge on any atom is 0.319 e. The van der Waals surface area contributed by atoms with E-state index in [1.165, 1.54) is 19.2 Å². The fourth-order valence-corrected chi connectivity index (χ4v) is 2.63. The molecular formula is C14H18FNO2. The molecule has 1 aromatic carbocycles. The Hall–Kier alpha value is -1.42. The van der Waals surface area contributed by atoms with Gasteiger partial charge in [-0.2, -0.15) is 0 Å². The predicted molar refractivity (Wildman–Crippen MR) is 66.6 cm³/mol. The van der Waals surface area contributed by atoms with Crippen LogP contribution in [0.4, 0.5) is 4.39 Å². The topological polar surface area (TPSA) is 38.3 Å². The van der Waals surface area contributed by atoms with Crippen molar-refractivity contribution < 1.29 is 13.9 Å². The Labute approximate surface area is 106 Å². The van der Waals surface area contributed by atoms with Crippen LogP contribution in [0.3, 0.4) is 0 Å². The van der Waals surface area contributed by atoms with Crippen LogP contribution in [-0.2, 0) is 15.1 Å². The van der Waals surface area contributed by atoms with Gasteiger partial charge in [-0.25, -0.2) is 4.39 Å². The van der Waals surface area contributed by atoms with Gasteiger partial charge in [-0.3, -0.25) is 10.1 Å². The lowest BCUT2D eigenvalue weighted by molar-refractivity contribution is -0.140. The molecule has 2 rings (SSSR count). The number of hydrogen-bond donors (Lipinski definition) is 1. The van der Waals surface area contributed by atoms with E-state index in [0.29, 0.717) is 0 Å². The molecule has 0 radical (unpaired) electrons. The number of methoxy groups -OCH3 is 1. The standard InChI is InChI=1S/C14H18FNO2/c1-18-13(17)10-16-14(8-2-3-9-14)11-4-6-12(15)7-5-11/h4-7,16H,2-3,8-10H2,1H3. The van der Waals surface area contributed by atoms with E-state index in [0.717, 1.165) is 31.2 Å². The third-order valence-electron chi connectivity index (χ3n) is 3.65. The molecule has 1 aliphatic carbocycles. The van der Waals surface area contributed by atoms with E-state index in [2.05, 4.69) is 10.1 Å². The number of halogens is 1. The van der Waals surface area contributed by atoms with Gasteiger partial charge in [0.15, 0.2) is 0 Å². The van der Waals surface area contributed by atoms with Crippen LogP contribution in [0.25, 0.3) is 0 Å². The number of carbonyl (C=O) groups is 1. The van der Waals surface area contributed by atoms with Crippen molar-refractivity contribution in [3.8, 4) is 0 Å². The van der Waals surface area contributed by atoms with Gasteiger partial charge in [0.25, 0.3) is 0 Å². The summed E-state index contributed by atoms with van der Waals surface area (Å²) in [5.41, 5.74) is 0.840. The molecule has 0 bridgehead atoms. The third-order valence-corrected chi connectivity index (χ3v) is 3.65. The second kappa shape index (κ2) is 5.48. The van der Waals surface area contributed by atoms with Gasteiger partial charge in [-0.05, 0) is 30.5 Å². The molecule has 0 aromatic heterocycles. The minimum absolute atomic E-state index is 0.188. The summed E-state index contributed by atoms with van der Waals surface area (Å²) in [4.78, 5) is 11.3. The molecule has 0 aliphatic heterocycles. The molecule has 1 aromatic rings. The first-order valence-electron chi connectivity index (χ1n) is 6.24. The molecule has 0 heterocycles. The molecule has 0 unspecified atom stereocenters. The van der Waals surface area contributed by atoms with Gasteiger partial charge in [-0.1, -0.05) is 25.0 Å². The zero-order chi connectivity index (χ0) is 13.0. The van der Waals surface area contributed by atoms with Crippen LogP contribution < -0.4 is 5.32 Å². The van der Waals surface area contributed by atoms with Crippen molar-refractivity contribution in [3.05, 3.63) is 35.6 Å². The summed E-state index contributed by atoms with van der Waals surface area (Å²) in [6.45, 7) is 0.188. The highest BCUT2D eigenvalue weighted by Gasteiger charge is 2.35. The summed E-state index contributed by atoms with van der Waals surface area (Å²) in [7, 11) is 1.38. The lowest BCUT2D eigenvalue weighted by atomic mass is 9.88. The van der Waals surface area contributed by atoms with Crippen LogP contribution in [0.1, 0.15) is 31.2 Å². The van der Waals surface area contributed by atoms with Crippen molar-refractivity contribution in [2.75, 3.05) is 13.7 Å². The Balaban J connectivity index is 2.16. The SMILES string of the molecule is COC(=O)CNC1(c2ccc(F)cc2)CCCC1. The molecule has 98 valence electrons. The molecule has 0 amide bonds. The largest absolute Gasteiger partial charge is 0.468 e. The van der Waals surface area contributed by atoms with E-state index in [4.69, 9.17) is 0 Å². The fraction of sp³-hybridized carbons (Fsp3) is 0.500. The summed E-state index contributed by atoms with van der Waals surface area (Å²) in [5.74, 6) is -0.511. The maximum absolute atomic E-state index is 13.0. The minimum Gasteiger partial charge on any atom is -0.468 e. The van der Waals surface area contributed by atoms with E-state index in [9.17, 15) is 9.18 Å². The average molecular weight is 251 g/mol. The molecule has 4 heteroatoms. The number of ether oxygens (including phenoxy) is 1. The number of rotatable bonds is 4. The maximum atomic E-state index is 13.0. The summed E-state index contributed by atoms with van der Waals surface area (Å²) >= 11 is 0. The number of esters is 1. The van der Waals surface area contributed by atoms with E-state index in [-0.39, 0.29) is 23.9 Å². The highest BCUT2D eigenvalue weighted by molar-refractivity contribution is 5.71. The van der Waals surface area contributed by atoms with Crippen LogP contribution >= 0.6 is 0 Å². The molecule has 1 N–H and O–H groups in total. The quantitative estimate of drug-likeness (QED) is 0.835. The van der Waals surface area contributed by atoms with Crippen LogP contribution in [0.5, 0.6) is 0 Å². The molecule has 0 atom stereocenters. The number of nitrogens with one attached hydrogen (secondary N) is 1. The van der Waals surface area contributed by atoms with E-state index < -0.39 is 0 Å². The second-order valence-corrected chi connectivity index (χ2v) is 4.73. The summed E-state index contributed by atoms with van der Waals surface area (Å²) in [5, 5.41) is 3.28. The fourth-order valence-electron chi connectivity index (χ4n) is 2.63. The van der Waals surface area contributed by atoms with Crippen molar-refractivity contribution in [2.24, 2.45) is 0 Å². The lowest BCUT2D eigenvalue weighted by Gasteiger charge is -2.30. The van der Waals surface area contributed by atoms with Crippen LogP contribution in [0.2, 0.25) is 0 Å². The highest BCUT2D eigenvalue weighted by atomic mass is 19.1. The first kappa shape index (κ1) is 13.0. The normalized spacial score (nSPS) is 17.7. The van der Waals surface area contributed by atoms with Gasteiger partial charge < -0.3 is 4.74 Å². The number of carbonyl (C=O) groups excluding carboxylic acids is 1. The van der Waals surface area contributed by atoms with Gasteiger partial charge in [0.05, 0.1) is 13.7 Å². The van der Waals surface area contributed by atoms with Gasteiger partial charge in [0, 0.05) is 5.54 Å². The third kappa shape index (κ3) is 2.70. The molecular weight excluding hydrogens is 233 g/mol. The van der Waals surface area contributed by atoms with Gasteiger partial charge >= 0.3 is 5.97 Å². The van der Waals surface area contributed by atoms with Crippen LogP contribution in [-0.4, -0.2) is 19.6 Å². The Morgan fingerprint density at radius 1 is 1.33 bits per heavy atom. The van der Waals surface area contributed by atoms with Crippen LogP contribution in [0.15, 0.2) is 24.3 Å². The Kier molecular flexibility index (Phi) is 3.97. The Morgan fingerprint density at radius 2 is 1.94 bits per heavy atom. The molecule has 1 fully saturated rings. The minimum atomic E-state index is -0.275. The van der Waals surface area contributed by atoms with Gasteiger partial charge in [0.1, 0.15) is 5.82 Å². The van der Waals surface area contributed by atoms with Crippen molar-refractivity contribution in [1.82, 2.24) is 5.32 Å².